The van der Waals surface area contributed by atoms with Crippen LogP contribution in [-0.2, 0) is 21.4 Å². The van der Waals surface area contributed by atoms with Crippen LogP contribution in [0.5, 0.6) is 0 Å². The summed E-state index contributed by atoms with van der Waals surface area (Å²) in [7, 11) is -3.23. The fraction of sp³-hybridized carbons (Fsp3) is 0.647. The zero-order valence-electron chi connectivity index (χ0n) is 14.1. The molecule has 0 radical (unpaired) electrons. The van der Waals surface area contributed by atoms with Crippen LogP contribution in [-0.4, -0.2) is 35.4 Å². The molecule has 2 aliphatic rings. The van der Waals surface area contributed by atoms with Crippen LogP contribution in [0.3, 0.4) is 0 Å². The van der Waals surface area contributed by atoms with Gasteiger partial charge in [0.15, 0.2) is 0 Å². The van der Waals surface area contributed by atoms with Crippen molar-refractivity contribution in [1.29, 1.82) is 0 Å². The Kier molecular flexibility index (Phi) is 5.20. The maximum atomic E-state index is 13.0. The Bertz CT molecular complexity index is 699. The molecule has 1 atom stereocenters. The third-order valence-corrected chi connectivity index (χ3v) is 7.40. The summed E-state index contributed by atoms with van der Waals surface area (Å²) in [5.41, 5.74) is 1.73. The summed E-state index contributed by atoms with van der Waals surface area (Å²) in [4.78, 5) is 15.3. The Morgan fingerprint density at radius 2 is 2.04 bits per heavy atom. The number of nitrogens with one attached hydrogen (secondary N) is 1. The zero-order valence-corrected chi connectivity index (χ0v) is 14.9. The summed E-state index contributed by atoms with van der Waals surface area (Å²) in [6, 6.07) is 3.71. The molecule has 2 fully saturated rings. The van der Waals surface area contributed by atoms with Gasteiger partial charge in [-0.25, -0.2) is 8.42 Å². The van der Waals surface area contributed by atoms with Gasteiger partial charge in [0.05, 0.1) is 17.5 Å². The van der Waals surface area contributed by atoms with Gasteiger partial charge < -0.3 is 5.32 Å². The van der Waals surface area contributed by atoms with Crippen LogP contribution < -0.4 is 5.32 Å². The third-order valence-electron chi connectivity index (χ3n) is 5.00. The normalized spacial score (nSPS) is 22.8. The highest BCUT2D eigenvalue weighted by atomic mass is 32.2. The van der Waals surface area contributed by atoms with Gasteiger partial charge in [-0.2, -0.15) is 4.31 Å². The van der Waals surface area contributed by atoms with Crippen molar-refractivity contribution in [3.8, 4) is 0 Å². The molecule has 1 aromatic rings. The fourth-order valence-electron chi connectivity index (χ4n) is 3.77. The van der Waals surface area contributed by atoms with Crippen LogP contribution in [0, 0.1) is 0 Å². The number of nitrogens with zero attached hydrogens (tertiary/aromatic N) is 2. The van der Waals surface area contributed by atoms with Crippen LogP contribution >= 0.6 is 0 Å². The molecule has 24 heavy (non-hydrogen) atoms. The first kappa shape index (κ1) is 17.4. The van der Waals surface area contributed by atoms with Gasteiger partial charge in [-0.3, -0.25) is 9.78 Å². The van der Waals surface area contributed by atoms with Crippen LogP contribution in [0.2, 0.25) is 0 Å². The molecule has 0 unspecified atom stereocenters. The van der Waals surface area contributed by atoms with Crippen molar-refractivity contribution in [3.05, 3.63) is 29.6 Å². The maximum absolute atomic E-state index is 13.0. The van der Waals surface area contributed by atoms with Crippen molar-refractivity contribution >= 4 is 15.9 Å². The second-order valence-electron chi connectivity index (χ2n) is 6.71. The van der Waals surface area contributed by atoms with E-state index in [1.807, 2.05) is 12.1 Å². The van der Waals surface area contributed by atoms with Crippen molar-refractivity contribution in [2.24, 2.45) is 0 Å². The lowest BCUT2D eigenvalue weighted by Crippen LogP contribution is -2.37. The molecule has 0 spiro atoms. The molecule has 1 aliphatic carbocycles. The summed E-state index contributed by atoms with van der Waals surface area (Å²) >= 11 is 0. The molecule has 1 saturated heterocycles. The highest BCUT2D eigenvalue weighted by molar-refractivity contribution is 7.89. The summed E-state index contributed by atoms with van der Waals surface area (Å²) < 4.78 is 27.7. The summed E-state index contributed by atoms with van der Waals surface area (Å²) in [5, 5.41) is 2.52. The van der Waals surface area contributed by atoms with Gasteiger partial charge in [-0.1, -0.05) is 12.8 Å². The minimum absolute atomic E-state index is 0.102. The molecule has 1 N–H and O–H groups in total. The van der Waals surface area contributed by atoms with E-state index in [-0.39, 0.29) is 17.2 Å². The number of hydrogen-bond donors (Lipinski definition) is 1. The summed E-state index contributed by atoms with van der Waals surface area (Å²) in [6.07, 6.45) is 7.03. The minimum atomic E-state index is -3.23. The topological polar surface area (TPSA) is 79.4 Å². The van der Waals surface area contributed by atoms with Crippen molar-refractivity contribution < 1.29 is 13.2 Å². The third kappa shape index (κ3) is 3.62. The van der Waals surface area contributed by atoms with E-state index in [9.17, 15) is 13.2 Å². The Balaban J connectivity index is 1.80. The number of hydrogen-bond acceptors (Lipinski definition) is 4. The molecule has 1 saturated carbocycles. The lowest BCUT2D eigenvalue weighted by Gasteiger charge is -2.27. The number of amides is 1. The molecular weight excluding hydrogens is 326 g/mol. The molecule has 0 bridgehead atoms. The van der Waals surface area contributed by atoms with Crippen LogP contribution in [0.1, 0.15) is 62.7 Å². The second kappa shape index (κ2) is 7.19. The maximum Gasteiger partial charge on any atom is 0.217 e. The van der Waals surface area contributed by atoms with E-state index in [0.717, 1.165) is 49.8 Å². The van der Waals surface area contributed by atoms with Gasteiger partial charge >= 0.3 is 0 Å². The number of pyridine rings is 1. The molecule has 1 aromatic heterocycles. The monoisotopic (exact) mass is 351 g/mol. The van der Waals surface area contributed by atoms with Gasteiger partial charge in [0.2, 0.25) is 15.9 Å². The number of carbonyl (C=O) groups is 1. The first-order chi connectivity index (χ1) is 11.5. The average molecular weight is 351 g/mol. The SMILES string of the molecule is CC(=O)NCc1cc([C@H]2CCCN2S(=O)(=O)C2CCCC2)ccn1. The highest BCUT2D eigenvalue weighted by Gasteiger charge is 2.40. The molecule has 132 valence electrons. The van der Waals surface area contributed by atoms with Gasteiger partial charge in [-0.05, 0) is 43.4 Å². The first-order valence-corrected chi connectivity index (χ1v) is 10.2. The van der Waals surface area contributed by atoms with E-state index in [1.54, 1.807) is 10.5 Å². The molecule has 6 nitrogen and oxygen atoms in total. The van der Waals surface area contributed by atoms with Crippen LogP contribution in [0.25, 0.3) is 0 Å². The predicted octanol–water partition coefficient (Wildman–Crippen LogP) is 2.13. The number of carbonyl (C=O) groups excluding carboxylic acids is 1. The summed E-state index contributed by atoms with van der Waals surface area (Å²) in [6.45, 7) is 2.44. The lowest BCUT2D eigenvalue weighted by atomic mass is 10.1. The van der Waals surface area contributed by atoms with Crippen molar-refractivity contribution in [2.45, 2.75) is 63.3 Å². The number of rotatable bonds is 5. The van der Waals surface area contributed by atoms with E-state index < -0.39 is 10.0 Å². The number of sulfonamides is 1. The van der Waals surface area contributed by atoms with Gasteiger partial charge in [0.1, 0.15) is 0 Å². The molecular formula is C17H25N3O3S. The van der Waals surface area contributed by atoms with E-state index in [2.05, 4.69) is 10.3 Å². The number of aromatic nitrogens is 1. The standard InChI is InChI=1S/C17H25N3O3S/c1-13(21)19-12-15-11-14(8-9-18-15)17-7-4-10-20(17)24(22,23)16-5-2-3-6-16/h8-9,11,16-17H,2-7,10,12H2,1H3,(H,19,21)/t17-/m1/s1. The molecule has 0 aromatic carbocycles. The molecule has 1 amide bonds. The summed E-state index contributed by atoms with van der Waals surface area (Å²) in [5.74, 6) is -0.103. The Morgan fingerprint density at radius 1 is 1.29 bits per heavy atom. The second-order valence-corrected chi connectivity index (χ2v) is 8.88. The molecule has 2 heterocycles. The molecule has 7 heteroatoms. The van der Waals surface area contributed by atoms with E-state index in [1.165, 1.54) is 6.92 Å². The molecule has 3 rings (SSSR count). The van der Waals surface area contributed by atoms with Crippen molar-refractivity contribution in [2.75, 3.05) is 6.54 Å². The smallest absolute Gasteiger partial charge is 0.217 e. The Morgan fingerprint density at radius 3 is 2.75 bits per heavy atom. The lowest BCUT2D eigenvalue weighted by molar-refractivity contribution is -0.119. The van der Waals surface area contributed by atoms with Crippen LogP contribution in [0.15, 0.2) is 18.3 Å². The van der Waals surface area contributed by atoms with Crippen LogP contribution in [0.4, 0.5) is 0 Å². The average Bonchev–Trinajstić information content (AvgIpc) is 3.24. The minimum Gasteiger partial charge on any atom is -0.351 e. The van der Waals surface area contributed by atoms with Crippen molar-refractivity contribution in [1.82, 2.24) is 14.6 Å². The highest BCUT2D eigenvalue weighted by Crippen LogP contribution is 2.38. The predicted molar refractivity (Wildman–Crippen MR) is 91.6 cm³/mol. The largest absolute Gasteiger partial charge is 0.351 e. The van der Waals surface area contributed by atoms with E-state index in [0.29, 0.717) is 13.1 Å². The van der Waals surface area contributed by atoms with Gasteiger partial charge in [0, 0.05) is 25.7 Å². The van der Waals surface area contributed by atoms with Gasteiger partial charge in [0.25, 0.3) is 0 Å². The Labute approximate surface area is 143 Å². The Hall–Kier alpha value is -1.47. The first-order valence-electron chi connectivity index (χ1n) is 8.68. The van der Waals surface area contributed by atoms with Crippen molar-refractivity contribution in [3.63, 3.8) is 0 Å². The van der Waals surface area contributed by atoms with E-state index in [4.69, 9.17) is 0 Å². The van der Waals surface area contributed by atoms with E-state index >= 15 is 0 Å². The van der Waals surface area contributed by atoms with Gasteiger partial charge in [-0.15, -0.1) is 0 Å². The quantitative estimate of drug-likeness (QED) is 0.881. The fourth-order valence-corrected chi connectivity index (χ4v) is 6.05. The zero-order chi connectivity index (χ0) is 17.2. The molecule has 1 aliphatic heterocycles.